The summed E-state index contributed by atoms with van der Waals surface area (Å²) in [6, 6.07) is 9.82. The van der Waals surface area contributed by atoms with Crippen molar-refractivity contribution in [1.29, 1.82) is 0 Å². The Balaban J connectivity index is 2.19. The third-order valence-corrected chi connectivity index (χ3v) is 2.76. The number of nitrogens with one attached hydrogen (secondary N) is 1. The lowest BCUT2D eigenvalue weighted by molar-refractivity contribution is 0.0955. The summed E-state index contributed by atoms with van der Waals surface area (Å²) in [4.78, 5) is 15.8. The van der Waals surface area contributed by atoms with Gasteiger partial charge in [-0.05, 0) is 30.3 Å². The second-order valence-electron chi connectivity index (χ2n) is 3.93. The number of amides is 1. The van der Waals surface area contributed by atoms with Crippen molar-refractivity contribution >= 4 is 29.4 Å². The van der Waals surface area contributed by atoms with Crippen LogP contribution in [0.2, 0.25) is 5.02 Å². The first-order chi connectivity index (χ1) is 10.2. The Morgan fingerprint density at radius 2 is 2.00 bits per heavy atom. The zero-order valence-corrected chi connectivity index (χ0v) is 11.5. The topological polar surface area (TPSA) is 86.9 Å². The van der Waals surface area contributed by atoms with E-state index in [1.807, 2.05) is 0 Å². The number of rotatable bonds is 4. The van der Waals surface area contributed by atoms with Gasteiger partial charge in [0.05, 0.1) is 6.21 Å². The fourth-order valence-corrected chi connectivity index (χ4v) is 1.74. The van der Waals surface area contributed by atoms with Gasteiger partial charge in [0.15, 0.2) is 0 Å². The zero-order valence-electron chi connectivity index (χ0n) is 10.8. The molecule has 1 amide bonds. The highest BCUT2D eigenvalue weighted by atomic mass is 35.5. The number of nitrogens with zero attached hydrogens (tertiary/aromatic N) is 3. The van der Waals surface area contributed by atoms with Crippen LogP contribution < -0.4 is 5.43 Å². The fraction of sp³-hybridized carbons (Fsp3) is 0. The van der Waals surface area contributed by atoms with Crippen molar-refractivity contribution in [1.82, 2.24) is 10.4 Å². The van der Waals surface area contributed by atoms with Crippen LogP contribution >= 0.6 is 11.6 Å². The molecule has 1 heterocycles. The van der Waals surface area contributed by atoms with Crippen molar-refractivity contribution in [2.45, 2.75) is 0 Å². The fourth-order valence-electron chi connectivity index (χ4n) is 1.55. The van der Waals surface area contributed by atoms with Crippen LogP contribution in [0.3, 0.4) is 0 Å². The Bertz CT molecular complexity index is 686. The molecule has 0 aliphatic rings. The predicted molar refractivity (Wildman–Crippen MR) is 80.0 cm³/mol. The molecule has 0 atom stereocenters. The minimum absolute atomic E-state index is 0.287. The van der Waals surface area contributed by atoms with Gasteiger partial charge in [-0.3, -0.25) is 9.78 Å². The Kier molecular flexibility index (Phi) is 5.00. The Morgan fingerprint density at radius 1 is 1.24 bits per heavy atom. The zero-order chi connectivity index (χ0) is 15.1. The highest BCUT2D eigenvalue weighted by molar-refractivity contribution is 6.38. The molecule has 2 N–H and O–H groups in total. The molecule has 2 rings (SSSR count). The van der Waals surface area contributed by atoms with Crippen molar-refractivity contribution in [2.24, 2.45) is 10.3 Å². The van der Waals surface area contributed by atoms with Gasteiger partial charge in [-0.1, -0.05) is 22.8 Å². The Hall–Kier alpha value is -2.73. The first-order valence-corrected chi connectivity index (χ1v) is 6.30. The average Bonchev–Trinajstić information content (AvgIpc) is 2.52. The normalized spacial score (nSPS) is 11.6. The van der Waals surface area contributed by atoms with Crippen molar-refractivity contribution in [3.63, 3.8) is 0 Å². The molecule has 0 unspecified atom stereocenters. The second-order valence-corrected chi connectivity index (χ2v) is 4.37. The molecular formula is C14H11ClN4O2. The summed E-state index contributed by atoms with van der Waals surface area (Å²) < 4.78 is 0. The lowest BCUT2D eigenvalue weighted by Gasteiger charge is -2.03. The summed E-state index contributed by atoms with van der Waals surface area (Å²) in [5.41, 5.74) is 3.69. The molecule has 0 aliphatic carbocycles. The predicted octanol–water partition coefficient (Wildman–Crippen LogP) is 2.33. The number of benzene rings is 1. The van der Waals surface area contributed by atoms with Gasteiger partial charge in [-0.2, -0.15) is 5.10 Å². The van der Waals surface area contributed by atoms with E-state index in [1.54, 1.807) is 42.7 Å². The van der Waals surface area contributed by atoms with Gasteiger partial charge in [0.2, 0.25) is 0 Å². The molecule has 1 aromatic heterocycles. The van der Waals surface area contributed by atoms with E-state index in [9.17, 15) is 4.79 Å². The standard InChI is InChI=1S/C14H11ClN4O2/c15-12-3-1-2-11(8-12)14(20)19-18-13(9-17-21)10-4-6-16-7-5-10/h1-9,21H,(H,19,20)/b17-9+,18-13+. The monoisotopic (exact) mass is 302 g/mol. The molecule has 0 radical (unpaired) electrons. The van der Waals surface area contributed by atoms with Crippen LogP contribution in [0.1, 0.15) is 15.9 Å². The number of oxime groups is 1. The highest BCUT2D eigenvalue weighted by Gasteiger charge is 2.06. The lowest BCUT2D eigenvalue weighted by Crippen LogP contribution is -2.20. The largest absolute Gasteiger partial charge is 0.411 e. The maximum Gasteiger partial charge on any atom is 0.271 e. The van der Waals surface area contributed by atoms with E-state index in [-0.39, 0.29) is 5.71 Å². The van der Waals surface area contributed by atoms with Gasteiger partial charge in [0.1, 0.15) is 5.71 Å². The third kappa shape index (κ3) is 4.12. The molecule has 7 heteroatoms. The van der Waals surface area contributed by atoms with Gasteiger partial charge in [0, 0.05) is 28.5 Å². The van der Waals surface area contributed by atoms with E-state index >= 15 is 0 Å². The maximum absolute atomic E-state index is 11.9. The quantitative estimate of drug-likeness (QED) is 0.516. The smallest absolute Gasteiger partial charge is 0.271 e. The number of carbonyl (C=O) groups is 1. The van der Waals surface area contributed by atoms with Crippen molar-refractivity contribution < 1.29 is 10.0 Å². The number of hydrogen-bond donors (Lipinski definition) is 2. The first kappa shape index (κ1) is 14.7. The first-order valence-electron chi connectivity index (χ1n) is 5.92. The molecule has 0 spiro atoms. The number of carbonyl (C=O) groups excluding carboxylic acids is 1. The lowest BCUT2D eigenvalue weighted by atomic mass is 10.2. The van der Waals surface area contributed by atoms with Crippen LogP contribution in [-0.2, 0) is 0 Å². The average molecular weight is 303 g/mol. The molecular weight excluding hydrogens is 292 g/mol. The van der Waals surface area contributed by atoms with Gasteiger partial charge in [-0.25, -0.2) is 5.43 Å². The van der Waals surface area contributed by atoms with Crippen LogP contribution in [-0.4, -0.2) is 28.0 Å². The summed E-state index contributed by atoms with van der Waals surface area (Å²) in [5, 5.41) is 16.0. The number of halogens is 1. The Labute approximate surface area is 125 Å². The number of aromatic nitrogens is 1. The van der Waals surface area contributed by atoms with E-state index in [0.29, 0.717) is 16.1 Å². The van der Waals surface area contributed by atoms with Crippen LogP contribution in [0, 0.1) is 0 Å². The summed E-state index contributed by atoms with van der Waals surface area (Å²) >= 11 is 5.82. The van der Waals surface area contributed by atoms with Crippen LogP contribution in [0.15, 0.2) is 59.0 Å². The summed E-state index contributed by atoms with van der Waals surface area (Å²) in [6.45, 7) is 0. The minimum atomic E-state index is -0.421. The van der Waals surface area contributed by atoms with Crippen LogP contribution in [0.4, 0.5) is 0 Å². The number of hydrazone groups is 1. The molecule has 21 heavy (non-hydrogen) atoms. The molecule has 106 valence electrons. The third-order valence-electron chi connectivity index (χ3n) is 2.52. The van der Waals surface area contributed by atoms with Crippen LogP contribution in [0.25, 0.3) is 0 Å². The van der Waals surface area contributed by atoms with E-state index in [4.69, 9.17) is 16.8 Å². The van der Waals surface area contributed by atoms with Crippen molar-refractivity contribution in [3.05, 3.63) is 64.9 Å². The highest BCUT2D eigenvalue weighted by Crippen LogP contribution is 2.10. The van der Waals surface area contributed by atoms with Gasteiger partial charge in [0.25, 0.3) is 5.91 Å². The number of hydrogen-bond acceptors (Lipinski definition) is 5. The molecule has 0 bridgehead atoms. The number of pyridine rings is 1. The van der Waals surface area contributed by atoms with E-state index in [1.165, 1.54) is 6.07 Å². The van der Waals surface area contributed by atoms with Gasteiger partial charge < -0.3 is 5.21 Å². The second kappa shape index (κ2) is 7.16. The molecule has 0 saturated carbocycles. The minimum Gasteiger partial charge on any atom is -0.411 e. The van der Waals surface area contributed by atoms with E-state index in [0.717, 1.165) is 6.21 Å². The van der Waals surface area contributed by atoms with E-state index < -0.39 is 5.91 Å². The molecule has 0 saturated heterocycles. The van der Waals surface area contributed by atoms with Crippen molar-refractivity contribution in [3.8, 4) is 0 Å². The van der Waals surface area contributed by atoms with Gasteiger partial charge >= 0.3 is 0 Å². The summed E-state index contributed by atoms with van der Waals surface area (Å²) in [6.07, 6.45) is 4.25. The summed E-state index contributed by atoms with van der Waals surface area (Å²) in [7, 11) is 0. The molecule has 1 aromatic carbocycles. The van der Waals surface area contributed by atoms with Crippen LogP contribution in [0.5, 0.6) is 0 Å². The molecule has 0 aliphatic heterocycles. The SMILES string of the molecule is O=C(N/N=C(\C=N\O)c1ccncc1)c1cccc(Cl)c1. The molecule has 0 fully saturated rings. The van der Waals surface area contributed by atoms with Crippen molar-refractivity contribution in [2.75, 3.05) is 0 Å². The molecule has 2 aromatic rings. The van der Waals surface area contributed by atoms with Gasteiger partial charge in [-0.15, -0.1) is 0 Å². The van der Waals surface area contributed by atoms with E-state index in [2.05, 4.69) is 20.7 Å². The molecule has 6 nitrogen and oxygen atoms in total. The Morgan fingerprint density at radius 3 is 2.67 bits per heavy atom. The summed E-state index contributed by atoms with van der Waals surface area (Å²) in [5.74, 6) is -0.421. The maximum atomic E-state index is 11.9.